The van der Waals surface area contributed by atoms with Gasteiger partial charge in [0.1, 0.15) is 0 Å². The summed E-state index contributed by atoms with van der Waals surface area (Å²) in [6.45, 7) is 4.57. The number of hydrogen-bond acceptors (Lipinski definition) is 3. The maximum atomic E-state index is 5.78. The molecule has 1 aromatic carbocycles. The molecule has 1 rings (SSSR count). The number of hydrogen-bond donors (Lipinski definition) is 1. The smallest absolute Gasteiger partial charge is 0.163 e. The maximum absolute atomic E-state index is 5.78. The second kappa shape index (κ2) is 5.61. The standard InChI is InChI=1S/C12H19NO2/c1-4-15-11-7-5-6-10(8-9(2)13)12(11)14-3/h5-7,9H,4,8,13H2,1-3H3/t9-/m0/s1. The summed E-state index contributed by atoms with van der Waals surface area (Å²) in [5.41, 5.74) is 6.87. The molecule has 1 aromatic rings. The molecule has 0 spiro atoms. The number of methoxy groups -OCH3 is 1. The molecule has 0 aliphatic rings. The average molecular weight is 209 g/mol. The van der Waals surface area contributed by atoms with Crippen molar-refractivity contribution in [1.29, 1.82) is 0 Å². The molecular weight excluding hydrogens is 190 g/mol. The minimum absolute atomic E-state index is 0.121. The van der Waals surface area contributed by atoms with Crippen LogP contribution in [0.1, 0.15) is 19.4 Å². The van der Waals surface area contributed by atoms with E-state index in [0.29, 0.717) is 6.61 Å². The van der Waals surface area contributed by atoms with Crippen molar-refractivity contribution < 1.29 is 9.47 Å². The fourth-order valence-electron chi connectivity index (χ4n) is 1.57. The van der Waals surface area contributed by atoms with Crippen molar-refractivity contribution in [3.63, 3.8) is 0 Å². The highest BCUT2D eigenvalue weighted by atomic mass is 16.5. The van der Waals surface area contributed by atoms with E-state index < -0.39 is 0 Å². The number of para-hydroxylation sites is 1. The molecule has 1 atom stereocenters. The average Bonchev–Trinajstić information content (AvgIpc) is 2.18. The largest absolute Gasteiger partial charge is 0.493 e. The third kappa shape index (κ3) is 3.13. The van der Waals surface area contributed by atoms with E-state index in [1.165, 1.54) is 0 Å². The first-order chi connectivity index (χ1) is 7.19. The summed E-state index contributed by atoms with van der Waals surface area (Å²) in [6, 6.07) is 6.01. The lowest BCUT2D eigenvalue weighted by atomic mass is 10.1. The predicted octanol–water partition coefficient (Wildman–Crippen LogP) is 1.98. The predicted molar refractivity (Wildman–Crippen MR) is 61.5 cm³/mol. The fourth-order valence-corrected chi connectivity index (χ4v) is 1.57. The molecule has 84 valence electrons. The Morgan fingerprint density at radius 2 is 2.13 bits per heavy atom. The maximum Gasteiger partial charge on any atom is 0.163 e. The Morgan fingerprint density at radius 3 is 2.67 bits per heavy atom. The summed E-state index contributed by atoms with van der Waals surface area (Å²) < 4.78 is 10.8. The quantitative estimate of drug-likeness (QED) is 0.806. The first-order valence-electron chi connectivity index (χ1n) is 5.23. The molecule has 0 fully saturated rings. The van der Waals surface area contributed by atoms with Crippen molar-refractivity contribution in [3.05, 3.63) is 23.8 Å². The highest BCUT2D eigenvalue weighted by Crippen LogP contribution is 2.31. The highest BCUT2D eigenvalue weighted by molar-refractivity contribution is 5.46. The number of rotatable bonds is 5. The summed E-state index contributed by atoms with van der Waals surface area (Å²) in [4.78, 5) is 0. The first kappa shape index (κ1) is 11.9. The molecule has 3 heteroatoms. The third-order valence-electron chi connectivity index (χ3n) is 2.11. The molecule has 0 saturated heterocycles. The minimum atomic E-state index is 0.121. The van der Waals surface area contributed by atoms with Gasteiger partial charge in [-0.1, -0.05) is 12.1 Å². The van der Waals surface area contributed by atoms with Gasteiger partial charge in [-0.2, -0.15) is 0 Å². The molecule has 0 heterocycles. The lowest BCUT2D eigenvalue weighted by Crippen LogP contribution is -2.18. The lowest BCUT2D eigenvalue weighted by Gasteiger charge is -2.14. The van der Waals surface area contributed by atoms with Crippen molar-refractivity contribution in [1.82, 2.24) is 0 Å². The third-order valence-corrected chi connectivity index (χ3v) is 2.11. The van der Waals surface area contributed by atoms with Crippen LogP contribution < -0.4 is 15.2 Å². The van der Waals surface area contributed by atoms with Crippen LogP contribution in [-0.4, -0.2) is 19.8 Å². The highest BCUT2D eigenvalue weighted by Gasteiger charge is 2.10. The van der Waals surface area contributed by atoms with Gasteiger partial charge in [0.15, 0.2) is 11.5 Å². The van der Waals surface area contributed by atoms with Gasteiger partial charge in [0.2, 0.25) is 0 Å². The van der Waals surface area contributed by atoms with Crippen LogP contribution in [0.25, 0.3) is 0 Å². The lowest BCUT2D eigenvalue weighted by molar-refractivity contribution is 0.309. The molecule has 0 saturated carbocycles. The summed E-state index contributed by atoms with van der Waals surface area (Å²) in [5.74, 6) is 1.59. The van der Waals surface area contributed by atoms with Crippen LogP contribution >= 0.6 is 0 Å². The van der Waals surface area contributed by atoms with Crippen molar-refractivity contribution in [3.8, 4) is 11.5 Å². The zero-order valence-electron chi connectivity index (χ0n) is 9.62. The van der Waals surface area contributed by atoms with Gasteiger partial charge in [0, 0.05) is 6.04 Å². The van der Waals surface area contributed by atoms with Gasteiger partial charge in [-0.25, -0.2) is 0 Å². The van der Waals surface area contributed by atoms with E-state index in [4.69, 9.17) is 15.2 Å². The molecule has 0 aliphatic carbocycles. The summed E-state index contributed by atoms with van der Waals surface area (Å²) in [7, 11) is 1.66. The van der Waals surface area contributed by atoms with E-state index >= 15 is 0 Å². The van der Waals surface area contributed by atoms with Crippen molar-refractivity contribution >= 4 is 0 Å². The Bertz CT molecular complexity index is 310. The van der Waals surface area contributed by atoms with Gasteiger partial charge in [0.05, 0.1) is 13.7 Å². The van der Waals surface area contributed by atoms with Crippen LogP contribution in [0, 0.1) is 0 Å². The molecule has 0 amide bonds. The van der Waals surface area contributed by atoms with E-state index in [1.54, 1.807) is 7.11 Å². The van der Waals surface area contributed by atoms with Gasteiger partial charge >= 0.3 is 0 Å². The first-order valence-corrected chi connectivity index (χ1v) is 5.23. The van der Waals surface area contributed by atoms with E-state index in [2.05, 4.69) is 0 Å². The Morgan fingerprint density at radius 1 is 1.40 bits per heavy atom. The zero-order valence-corrected chi connectivity index (χ0v) is 9.62. The van der Waals surface area contributed by atoms with E-state index in [0.717, 1.165) is 23.5 Å². The monoisotopic (exact) mass is 209 g/mol. The molecule has 0 bridgehead atoms. The molecule has 3 nitrogen and oxygen atoms in total. The summed E-state index contributed by atoms with van der Waals surface area (Å²) >= 11 is 0. The van der Waals surface area contributed by atoms with Crippen LogP contribution in [0.2, 0.25) is 0 Å². The number of nitrogens with two attached hydrogens (primary N) is 1. The molecule has 0 radical (unpaired) electrons. The van der Waals surface area contributed by atoms with Crippen molar-refractivity contribution in [2.45, 2.75) is 26.3 Å². The van der Waals surface area contributed by atoms with Crippen LogP contribution in [0.3, 0.4) is 0 Å². The Hall–Kier alpha value is -1.22. The molecule has 15 heavy (non-hydrogen) atoms. The molecule has 2 N–H and O–H groups in total. The number of benzene rings is 1. The van der Waals surface area contributed by atoms with E-state index in [-0.39, 0.29) is 6.04 Å². The van der Waals surface area contributed by atoms with Crippen molar-refractivity contribution in [2.75, 3.05) is 13.7 Å². The Balaban J connectivity index is 2.98. The van der Waals surface area contributed by atoms with Gasteiger partial charge in [0.25, 0.3) is 0 Å². The van der Waals surface area contributed by atoms with Crippen molar-refractivity contribution in [2.24, 2.45) is 5.73 Å². The van der Waals surface area contributed by atoms with Gasteiger partial charge < -0.3 is 15.2 Å². The van der Waals surface area contributed by atoms with Crippen LogP contribution in [0.15, 0.2) is 18.2 Å². The Labute approximate surface area is 91.2 Å². The van der Waals surface area contributed by atoms with Crippen LogP contribution in [-0.2, 0) is 6.42 Å². The topological polar surface area (TPSA) is 44.5 Å². The van der Waals surface area contributed by atoms with Crippen LogP contribution in [0.5, 0.6) is 11.5 Å². The number of ether oxygens (including phenoxy) is 2. The van der Waals surface area contributed by atoms with E-state index in [9.17, 15) is 0 Å². The second-order valence-corrected chi connectivity index (χ2v) is 3.56. The normalized spacial score (nSPS) is 12.3. The molecule has 0 aliphatic heterocycles. The van der Waals surface area contributed by atoms with E-state index in [1.807, 2.05) is 32.0 Å². The fraction of sp³-hybridized carbons (Fsp3) is 0.500. The SMILES string of the molecule is CCOc1cccc(C[C@H](C)N)c1OC. The summed E-state index contributed by atoms with van der Waals surface area (Å²) in [6.07, 6.45) is 0.796. The van der Waals surface area contributed by atoms with Gasteiger partial charge in [-0.15, -0.1) is 0 Å². The summed E-state index contributed by atoms with van der Waals surface area (Å²) in [5, 5.41) is 0. The second-order valence-electron chi connectivity index (χ2n) is 3.56. The Kier molecular flexibility index (Phi) is 4.43. The zero-order chi connectivity index (χ0) is 11.3. The molecular formula is C12H19NO2. The van der Waals surface area contributed by atoms with Crippen LogP contribution in [0.4, 0.5) is 0 Å². The minimum Gasteiger partial charge on any atom is -0.493 e. The molecule has 0 aromatic heterocycles. The molecule has 0 unspecified atom stereocenters. The van der Waals surface area contributed by atoms with Gasteiger partial charge in [-0.05, 0) is 31.9 Å². The van der Waals surface area contributed by atoms with Gasteiger partial charge in [-0.3, -0.25) is 0 Å².